The van der Waals surface area contributed by atoms with E-state index in [4.69, 9.17) is 4.74 Å². The van der Waals surface area contributed by atoms with E-state index in [-0.39, 0.29) is 40.5 Å². The van der Waals surface area contributed by atoms with Gasteiger partial charge in [-0.2, -0.15) is 0 Å². The van der Waals surface area contributed by atoms with E-state index in [1.54, 1.807) is 5.57 Å². The molecule has 52 heavy (non-hydrogen) atoms. The van der Waals surface area contributed by atoms with Gasteiger partial charge in [0.15, 0.2) is 0 Å². The van der Waals surface area contributed by atoms with E-state index in [9.17, 15) is 14.7 Å². The van der Waals surface area contributed by atoms with E-state index >= 15 is 0 Å². The smallest absolute Gasteiger partial charge is 0.220 e. The van der Waals surface area contributed by atoms with Gasteiger partial charge < -0.3 is 20.5 Å². The summed E-state index contributed by atoms with van der Waals surface area (Å²) in [6.45, 7) is 13.5. The molecule has 8 rings (SSSR count). The Balaban J connectivity index is 0.812. The lowest BCUT2D eigenvalue weighted by Gasteiger charge is -2.50. The maximum absolute atomic E-state index is 12.8. The minimum absolute atomic E-state index is 0.0425. The summed E-state index contributed by atoms with van der Waals surface area (Å²) >= 11 is 0. The van der Waals surface area contributed by atoms with E-state index < -0.39 is 0 Å². The molecule has 6 fully saturated rings. The number of amides is 2. The Morgan fingerprint density at radius 2 is 1.75 bits per heavy atom. The Morgan fingerprint density at radius 3 is 2.58 bits per heavy atom. The highest BCUT2D eigenvalue weighted by Gasteiger charge is 2.84. The summed E-state index contributed by atoms with van der Waals surface area (Å²) in [5.41, 5.74) is 3.66. The molecular weight excluding hydrogens is 647 g/mol. The van der Waals surface area contributed by atoms with Crippen molar-refractivity contribution in [2.75, 3.05) is 26.2 Å². The van der Waals surface area contributed by atoms with Gasteiger partial charge in [0, 0.05) is 56.4 Å². The Hall–Kier alpha value is -2.22. The zero-order valence-corrected chi connectivity index (χ0v) is 32.6. The number of allylic oxidation sites excluding steroid dienone is 1. The van der Waals surface area contributed by atoms with E-state index in [0.717, 1.165) is 82.2 Å². The lowest BCUT2D eigenvalue weighted by Crippen LogP contribution is -2.55. The second kappa shape index (κ2) is 14.1. The number of aliphatic hydroxyl groups excluding tert-OH is 1. The molecule has 0 radical (unpaired) electrons. The van der Waals surface area contributed by atoms with E-state index in [1.165, 1.54) is 37.7 Å². The first-order valence-electron chi connectivity index (χ1n) is 21.4. The average molecular weight is 714 g/mol. The first kappa shape index (κ1) is 36.7. The number of nitrogens with one attached hydrogen (secondary N) is 2. The number of aliphatic hydroxyl groups is 1. The summed E-state index contributed by atoms with van der Waals surface area (Å²) in [6.07, 6.45) is 17.9. The second-order valence-corrected chi connectivity index (χ2v) is 19.2. The summed E-state index contributed by atoms with van der Waals surface area (Å²) in [5.74, 6) is 3.72. The van der Waals surface area contributed by atoms with Crippen LogP contribution < -0.4 is 10.6 Å². The van der Waals surface area contributed by atoms with Gasteiger partial charge in [0.25, 0.3) is 0 Å². The molecule has 1 aromatic carbocycles. The molecular formula is C45H67N3O4. The van der Waals surface area contributed by atoms with Crippen LogP contribution >= 0.6 is 0 Å². The monoisotopic (exact) mass is 714 g/mol. The van der Waals surface area contributed by atoms with Crippen molar-refractivity contribution < 1.29 is 19.4 Å². The van der Waals surface area contributed by atoms with Gasteiger partial charge in [-0.1, -0.05) is 76.1 Å². The fourth-order valence-electron chi connectivity index (χ4n) is 13.9. The average Bonchev–Trinajstić information content (AvgIpc) is 3.47. The van der Waals surface area contributed by atoms with Crippen LogP contribution in [-0.2, 0) is 20.7 Å². The molecule has 0 bridgehead atoms. The number of likely N-dealkylation sites (tertiary alicyclic amines) is 1. The third-order valence-electron chi connectivity index (χ3n) is 16.6. The predicted octanol–water partition coefficient (Wildman–Crippen LogP) is 7.22. The number of carbonyl (C=O) groups is 2. The van der Waals surface area contributed by atoms with Crippen LogP contribution in [0.2, 0.25) is 0 Å². The topological polar surface area (TPSA) is 90.9 Å². The van der Waals surface area contributed by atoms with Crippen molar-refractivity contribution in [2.45, 2.75) is 148 Å². The fraction of sp³-hybridized carbons (Fsp3) is 0.778. The standard InChI is InChI=1S/C45H67N3O4/c1-30-25-38-41(48(28-30)24-23-47-39(50)13-9-6-10-22-46-40(51)17-14-32-11-7-5-8-12-32)31(2)45(52-38)21-19-36-35-16-15-33-26-34(49)18-20-42(33,3)37(35)27-44(36)29-43(44,45)4/h5,7-8,11-12,15,30-31,34-38,41,49H,6,9-10,13-14,16-29H2,1-4H3,(H,46,51)(H,47,50)/t30-,31+,34-,35-,36?,37-,38?,41-,42-,43?,44?,45+/m0/s1. The summed E-state index contributed by atoms with van der Waals surface area (Å²) < 4.78 is 7.53. The van der Waals surface area contributed by atoms with Crippen LogP contribution in [0.4, 0.5) is 0 Å². The highest BCUT2D eigenvalue weighted by Crippen LogP contribution is 2.87. The highest BCUT2D eigenvalue weighted by molar-refractivity contribution is 5.76. The van der Waals surface area contributed by atoms with Crippen molar-refractivity contribution in [3.05, 3.63) is 47.5 Å². The summed E-state index contributed by atoms with van der Waals surface area (Å²) in [6, 6.07) is 10.6. The van der Waals surface area contributed by atoms with Crippen LogP contribution in [0.25, 0.3) is 0 Å². The maximum atomic E-state index is 12.8. The Bertz CT molecular complexity index is 1510. The summed E-state index contributed by atoms with van der Waals surface area (Å²) in [4.78, 5) is 27.7. The second-order valence-electron chi connectivity index (χ2n) is 19.2. The Kier molecular flexibility index (Phi) is 9.98. The van der Waals surface area contributed by atoms with Gasteiger partial charge in [-0.25, -0.2) is 0 Å². The van der Waals surface area contributed by atoms with Crippen molar-refractivity contribution in [2.24, 2.45) is 45.8 Å². The molecule has 7 aliphatic rings. The molecule has 7 nitrogen and oxygen atoms in total. The summed E-state index contributed by atoms with van der Waals surface area (Å²) in [7, 11) is 0. The first-order valence-corrected chi connectivity index (χ1v) is 21.4. The summed E-state index contributed by atoms with van der Waals surface area (Å²) in [5, 5.41) is 16.8. The lowest BCUT2D eigenvalue weighted by atomic mass is 9.56. The van der Waals surface area contributed by atoms with E-state index in [2.05, 4.69) is 61.4 Å². The molecule has 2 heterocycles. The van der Waals surface area contributed by atoms with Crippen LogP contribution in [0.5, 0.6) is 0 Å². The molecule has 286 valence electrons. The number of fused-ring (bicyclic) bond motifs is 6. The number of benzene rings is 1. The Morgan fingerprint density at radius 1 is 0.962 bits per heavy atom. The van der Waals surface area contributed by atoms with Crippen LogP contribution in [-0.4, -0.2) is 71.9 Å². The number of piperidine rings is 1. The minimum atomic E-state index is -0.144. The molecule has 12 atom stereocenters. The zero-order valence-electron chi connectivity index (χ0n) is 32.6. The molecule has 4 unspecified atom stereocenters. The van der Waals surface area contributed by atoms with Crippen LogP contribution in [0.15, 0.2) is 42.0 Å². The fourth-order valence-corrected chi connectivity index (χ4v) is 13.9. The maximum Gasteiger partial charge on any atom is 0.220 e. The van der Waals surface area contributed by atoms with Gasteiger partial charge in [-0.05, 0) is 117 Å². The van der Waals surface area contributed by atoms with Gasteiger partial charge in [-0.3, -0.25) is 14.5 Å². The molecule has 4 saturated carbocycles. The molecule has 0 aromatic heterocycles. The lowest BCUT2D eigenvalue weighted by molar-refractivity contribution is -0.148. The van der Waals surface area contributed by atoms with Crippen molar-refractivity contribution in [3.8, 4) is 0 Å². The number of rotatable bonds is 12. The molecule has 2 saturated heterocycles. The number of hydrogen-bond donors (Lipinski definition) is 3. The molecule has 5 aliphatic carbocycles. The number of nitrogens with zero attached hydrogens (tertiary/aromatic N) is 1. The molecule has 7 heteroatoms. The third kappa shape index (κ3) is 6.11. The van der Waals surface area contributed by atoms with Crippen molar-refractivity contribution in [1.82, 2.24) is 15.5 Å². The van der Waals surface area contributed by atoms with Gasteiger partial charge in [-0.15, -0.1) is 0 Å². The van der Waals surface area contributed by atoms with Gasteiger partial charge in [0.1, 0.15) is 0 Å². The molecule has 2 aliphatic heterocycles. The molecule has 1 aromatic rings. The first-order chi connectivity index (χ1) is 25.0. The van der Waals surface area contributed by atoms with Crippen molar-refractivity contribution in [3.63, 3.8) is 0 Å². The SMILES string of the molecule is C[C@H]1CC2O[C@]3(CCC4[C@@H]5CC=C6C[C@@H](O)CC[C@]6(C)[C@H]5CC45CC53C)[C@H](C)[C@@H]2N(CCNC(=O)CCCCCNC(=O)CCc2ccccc2)C1. The van der Waals surface area contributed by atoms with Crippen LogP contribution in [0, 0.1) is 45.8 Å². The number of unbranched alkanes of at least 4 members (excludes halogenated alkanes) is 2. The minimum Gasteiger partial charge on any atom is -0.393 e. The molecule has 2 spiro atoms. The molecule has 2 amide bonds. The van der Waals surface area contributed by atoms with Gasteiger partial charge in [0.2, 0.25) is 11.8 Å². The largest absolute Gasteiger partial charge is 0.393 e. The van der Waals surface area contributed by atoms with Crippen LogP contribution in [0.3, 0.4) is 0 Å². The number of ether oxygens (including phenoxy) is 1. The number of hydrogen-bond acceptors (Lipinski definition) is 5. The highest BCUT2D eigenvalue weighted by atomic mass is 16.5. The van der Waals surface area contributed by atoms with E-state index in [1.807, 2.05) is 18.2 Å². The van der Waals surface area contributed by atoms with Crippen LogP contribution in [0.1, 0.15) is 123 Å². The molecule has 3 N–H and O–H groups in total. The van der Waals surface area contributed by atoms with Crippen molar-refractivity contribution in [1.29, 1.82) is 0 Å². The third-order valence-corrected chi connectivity index (χ3v) is 16.6. The normalized spacial score (nSPS) is 43.1. The predicted molar refractivity (Wildman–Crippen MR) is 205 cm³/mol. The van der Waals surface area contributed by atoms with Crippen molar-refractivity contribution >= 4 is 11.8 Å². The number of aryl methyl sites for hydroxylation is 1. The Labute approximate surface area is 313 Å². The zero-order chi connectivity index (χ0) is 36.3. The quantitative estimate of drug-likeness (QED) is 0.157. The number of carbonyl (C=O) groups excluding carboxylic acids is 2. The van der Waals surface area contributed by atoms with Gasteiger partial charge in [0.05, 0.1) is 17.8 Å². The van der Waals surface area contributed by atoms with E-state index in [0.29, 0.717) is 49.2 Å². The van der Waals surface area contributed by atoms with Gasteiger partial charge >= 0.3 is 0 Å².